The Labute approximate surface area is 73.4 Å². The standard InChI is InChI=1S/C9H17NS/c1-9(2,8-11-3)10-6-4-5-7-10/h4-7H2,1-3H3. The molecule has 0 amide bonds. The molecule has 0 unspecified atom stereocenters. The number of nitrogens with zero attached hydrogens (tertiary/aromatic N) is 1. The second-order valence-corrected chi connectivity index (χ2v) is 4.17. The number of likely N-dealkylation sites (tertiary alicyclic amines) is 1. The van der Waals surface area contributed by atoms with E-state index < -0.39 is 0 Å². The highest BCUT2D eigenvalue weighted by atomic mass is 32.1. The molecule has 1 aliphatic rings. The van der Waals surface area contributed by atoms with Crippen molar-refractivity contribution in [2.45, 2.75) is 32.2 Å². The Kier molecular flexibility index (Phi) is 2.94. The van der Waals surface area contributed by atoms with Crippen molar-refractivity contribution in [3.63, 3.8) is 0 Å². The summed E-state index contributed by atoms with van der Waals surface area (Å²) in [6.07, 6.45) is 4.80. The van der Waals surface area contributed by atoms with Crippen LogP contribution in [0.4, 0.5) is 0 Å². The van der Waals surface area contributed by atoms with Gasteiger partial charge in [-0.05, 0) is 39.8 Å². The molecule has 0 aliphatic carbocycles. The van der Waals surface area contributed by atoms with Crippen LogP contribution in [0.5, 0.6) is 0 Å². The molecule has 1 saturated heterocycles. The molecule has 1 rings (SSSR count). The van der Waals surface area contributed by atoms with Crippen LogP contribution in [0.1, 0.15) is 26.7 Å². The van der Waals surface area contributed by atoms with Crippen molar-refractivity contribution in [2.24, 2.45) is 0 Å². The molecule has 64 valence electrons. The van der Waals surface area contributed by atoms with Gasteiger partial charge in [-0.25, -0.2) is 0 Å². The first kappa shape index (κ1) is 9.05. The number of hydrogen-bond acceptors (Lipinski definition) is 1. The van der Waals surface area contributed by atoms with Gasteiger partial charge in [0.2, 0.25) is 0 Å². The smallest absolute Gasteiger partial charge is 0.0790 e. The average molecular weight is 171 g/mol. The third kappa shape index (κ3) is 2.19. The molecule has 0 radical (unpaired) electrons. The third-order valence-corrected chi connectivity index (χ3v) is 2.95. The van der Waals surface area contributed by atoms with E-state index in [0.29, 0.717) is 0 Å². The Balaban J connectivity index is 2.60. The van der Waals surface area contributed by atoms with Crippen molar-refractivity contribution in [3.05, 3.63) is 0 Å². The van der Waals surface area contributed by atoms with Gasteiger partial charge in [0, 0.05) is 6.26 Å². The van der Waals surface area contributed by atoms with Crippen molar-refractivity contribution < 1.29 is 0 Å². The molecule has 0 N–H and O–H groups in total. The largest absolute Gasteiger partial charge is 0.288 e. The van der Waals surface area contributed by atoms with E-state index in [1.165, 1.54) is 25.9 Å². The fourth-order valence-corrected chi connectivity index (χ4v) is 2.22. The predicted molar refractivity (Wildman–Crippen MR) is 52.3 cm³/mol. The van der Waals surface area contributed by atoms with Gasteiger partial charge in [0.15, 0.2) is 0 Å². The molecule has 0 aromatic rings. The van der Waals surface area contributed by atoms with Gasteiger partial charge < -0.3 is 0 Å². The van der Waals surface area contributed by atoms with Crippen molar-refractivity contribution >= 4 is 11.2 Å². The van der Waals surface area contributed by atoms with Gasteiger partial charge in [0.05, 0.1) is 5.54 Å². The predicted octanol–water partition coefficient (Wildman–Crippen LogP) is 2.18. The maximum absolute atomic E-state index is 3.41. The number of rotatable bonds is 1. The van der Waals surface area contributed by atoms with Gasteiger partial charge in [0.1, 0.15) is 0 Å². The van der Waals surface area contributed by atoms with Crippen LogP contribution in [0.2, 0.25) is 0 Å². The molecular formula is C9H17NS. The van der Waals surface area contributed by atoms with E-state index in [0.717, 1.165) is 0 Å². The second kappa shape index (κ2) is 3.57. The fourth-order valence-electron chi connectivity index (χ4n) is 1.59. The minimum Gasteiger partial charge on any atom is -0.288 e. The summed E-state index contributed by atoms with van der Waals surface area (Å²) in [6.45, 7) is 6.99. The zero-order chi connectivity index (χ0) is 8.32. The molecule has 0 aromatic carbocycles. The minimum atomic E-state index is 0.177. The summed E-state index contributed by atoms with van der Waals surface area (Å²) in [5.74, 6) is 0. The molecule has 0 atom stereocenters. The molecule has 1 nitrogen and oxygen atoms in total. The molecule has 0 saturated carbocycles. The quantitative estimate of drug-likeness (QED) is 0.584. The van der Waals surface area contributed by atoms with Crippen LogP contribution in [-0.2, 0) is 0 Å². The monoisotopic (exact) mass is 171 g/mol. The van der Waals surface area contributed by atoms with Crippen molar-refractivity contribution in [2.75, 3.05) is 19.3 Å². The van der Waals surface area contributed by atoms with Gasteiger partial charge in [-0.3, -0.25) is 4.90 Å². The molecular weight excluding hydrogens is 154 g/mol. The minimum absolute atomic E-state index is 0.177. The van der Waals surface area contributed by atoms with E-state index in [9.17, 15) is 0 Å². The normalized spacial score (nSPS) is 19.9. The third-order valence-electron chi connectivity index (χ3n) is 2.25. The maximum Gasteiger partial charge on any atom is 0.0790 e. The van der Waals surface area contributed by atoms with E-state index in [4.69, 9.17) is 0 Å². The lowest BCUT2D eigenvalue weighted by Crippen LogP contribution is -2.40. The molecule has 2 heteroatoms. The van der Waals surface area contributed by atoms with E-state index in [1.807, 2.05) is 0 Å². The summed E-state index contributed by atoms with van der Waals surface area (Å²) in [6, 6.07) is 0. The van der Waals surface area contributed by atoms with Crippen LogP contribution in [-0.4, -0.2) is 29.8 Å². The van der Waals surface area contributed by atoms with Gasteiger partial charge in [-0.2, -0.15) is 0 Å². The first-order valence-electron chi connectivity index (χ1n) is 4.22. The van der Waals surface area contributed by atoms with Crippen molar-refractivity contribution in [1.82, 2.24) is 4.90 Å². The van der Waals surface area contributed by atoms with Gasteiger partial charge in [0.25, 0.3) is 0 Å². The zero-order valence-electron chi connectivity index (χ0n) is 7.68. The van der Waals surface area contributed by atoms with Gasteiger partial charge in [-0.15, -0.1) is 11.2 Å². The van der Waals surface area contributed by atoms with Crippen LogP contribution in [0.25, 0.3) is 0 Å². The lowest BCUT2D eigenvalue weighted by Gasteiger charge is -2.29. The van der Waals surface area contributed by atoms with Crippen LogP contribution in [0, 0.1) is 5.18 Å². The van der Waals surface area contributed by atoms with Crippen molar-refractivity contribution in [1.29, 1.82) is 0 Å². The second-order valence-electron chi connectivity index (χ2n) is 3.56. The molecule has 1 heterocycles. The van der Waals surface area contributed by atoms with Crippen molar-refractivity contribution in [3.8, 4) is 5.18 Å². The van der Waals surface area contributed by atoms with Crippen LogP contribution < -0.4 is 0 Å². The lowest BCUT2D eigenvalue weighted by molar-refractivity contribution is 0.215. The maximum atomic E-state index is 3.41. The molecule has 0 bridgehead atoms. The number of hydrogen-bond donors (Lipinski definition) is 0. The highest BCUT2D eigenvalue weighted by Crippen LogP contribution is 2.20. The van der Waals surface area contributed by atoms with E-state index in [2.05, 4.69) is 30.2 Å². The Morgan fingerprint density at radius 2 is 1.82 bits per heavy atom. The molecule has 0 aromatic heterocycles. The van der Waals surface area contributed by atoms with E-state index >= 15 is 0 Å². The molecule has 0 spiro atoms. The highest BCUT2D eigenvalue weighted by Gasteiger charge is 2.26. The molecule has 11 heavy (non-hydrogen) atoms. The molecule has 1 aliphatic heterocycles. The Bertz CT molecular complexity index is 181. The fraction of sp³-hybridized carbons (Fsp3) is 0.889. The van der Waals surface area contributed by atoms with E-state index in [-0.39, 0.29) is 5.54 Å². The summed E-state index contributed by atoms with van der Waals surface area (Å²) in [5.41, 5.74) is 0.177. The molecule has 1 fully saturated rings. The summed E-state index contributed by atoms with van der Waals surface area (Å²) < 4.78 is 0. The van der Waals surface area contributed by atoms with Crippen LogP contribution >= 0.6 is 11.2 Å². The Morgan fingerprint density at radius 3 is 2.27 bits per heavy atom. The summed E-state index contributed by atoms with van der Waals surface area (Å²) in [5, 5.41) is 3.41. The first-order chi connectivity index (χ1) is 5.17. The van der Waals surface area contributed by atoms with E-state index in [1.54, 1.807) is 11.2 Å². The Morgan fingerprint density at radius 1 is 1.27 bits per heavy atom. The average Bonchev–Trinajstić information content (AvgIpc) is 2.37. The summed E-state index contributed by atoms with van der Waals surface area (Å²) >= 11 is 1.70. The van der Waals surface area contributed by atoms with Gasteiger partial charge in [-0.1, -0.05) is 5.18 Å². The van der Waals surface area contributed by atoms with Crippen LogP contribution in [0.3, 0.4) is 0 Å². The summed E-state index contributed by atoms with van der Waals surface area (Å²) in [4.78, 5) is 2.50. The topological polar surface area (TPSA) is 3.24 Å². The highest BCUT2D eigenvalue weighted by molar-refractivity contribution is 7.87. The van der Waals surface area contributed by atoms with Gasteiger partial charge >= 0.3 is 0 Å². The summed E-state index contributed by atoms with van der Waals surface area (Å²) in [7, 11) is 0. The Hall–Kier alpha value is -0.0400. The first-order valence-corrected chi connectivity index (χ1v) is 5.44. The lowest BCUT2D eigenvalue weighted by atomic mass is 10.1. The SMILES string of the molecule is CS#CC(C)(C)N1CCCC1. The van der Waals surface area contributed by atoms with Crippen LogP contribution in [0.15, 0.2) is 0 Å². The zero-order valence-corrected chi connectivity index (χ0v) is 8.50.